The number of nitrogens with one attached hydrogen (secondary N) is 1. The van der Waals surface area contributed by atoms with E-state index in [2.05, 4.69) is 5.32 Å². The van der Waals surface area contributed by atoms with Crippen molar-refractivity contribution in [3.63, 3.8) is 0 Å². The molecule has 1 amide bonds. The zero-order valence-electron chi connectivity index (χ0n) is 12.1. The Hall–Kier alpha value is -1.88. The van der Waals surface area contributed by atoms with Gasteiger partial charge in [-0.05, 0) is 31.0 Å². The summed E-state index contributed by atoms with van der Waals surface area (Å²) in [6.45, 7) is 3.80. The molecule has 1 aromatic rings. The fourth-order valence-electron chi connectivity index (χ4n) is 3.48. The van der Waals surface area contributed by atoms with Crippen molar-refractivity contribution in [3.05, 3.63) is 29.8 Å². The molecule has 0 aromatic heterocycles. The molecular weight excluding hydrogens is 268 g/mol. The van der Waals surface area contributed by atoms with E-state index in [1.54, 1.807) is 4.90 Å². The van der Waals surface area contributed by atoms with Crippen molar-refractivity contribution in [2.24, 2.45) is 5.41 Å². The van der Waals surface area contributed by atoms with Gasteiger partial charge in [-0.15, -0.1) is 0 Å². The molecule has 0 spiro atoms. The highest BCUT2D eigenvalue weighted by Gasteiger charge is 2.46. The van der Waals surface area contributed by atoms with Crippen LogP contribution in [0.25, 0.3) is 0 Å². The Labute approximate surface area is 123 Å². The van der Waals surface area contributed by atoms with E-state index in [0.29, 0.717) is 6.54 Å². The number of para-hydroxylation sites is 1. The quantitative estimate of drug-likeness (QED) is 0.886. The number of carbonyl (C=O) groups is 2. The van der Waals surface area contributed by atoms with Crippen molar-refractivity contribution in [1.82, 2.24) is 5.32 Å². The van der Waals surface area contributed by atoms with Crippen LogP contribution in [0.5, 0.6) is 0 Å². The first-order valence-electron chi connectivity index (χ1n) is 7.43. The lowest BCUT2D eigenvalue weighted by Gasteiger charge is -2.31. The minimum Gasteiger partial charge on any atom is -0.481 e. The summed E-state index contributed by atoms with van der Waals surface area (Å²) in [5, 5.41) is 12.7. The predicted molar refractivity (Wildman–Crippen MR) is 79.4 cm³/mol. The van der Waals surface area contributed by atoms with E-state index in [0.717, 1.165) is 30.6 Å². The molecule has 2 N–H and O–H groups in total. The highest BCUT2D eigenvalue weighted by atomic mass is 16.4. The van der Waals surface area contributed by atoms with Gasteiger partial charge in [-0.3, -0.25) is 9.59 Å². The van der Waals surface area contributed by atoms with Crippen LogP contribution in [-0.2, 0) is 9.59 Å². The lowest BCUT2D eigenvalue weighted by molar-refractivity contribution is -0.138. The third-order valence-corrected chi connectivity index (χ3v) is 4.89. The standard InChI is InChI=1S/C16H20N2O3/c1-2-16(7-8-17-10-16)15(21)18-9-12(14(19)20)11-5-3-4-6-13(11)18/h3-6,12,17H,2,7-10H2,1H3,(H,19,20). The molecule has 2 atom stereocenters. The molecule has 0 radical (unpaired) electrons. The largest absolute Gasteiger partial charge is 0.481 e. The summed E-state index contributed by atoms with van der Waals surface area (Å²) in [4.78, 5) is 26.2. The Kier molecular flexibility index (Phi) is 3.45. The maximum absolute atomic E-state index is 13.0. The molecule has 112 valence electrons. The zero-order valence-corrected chi connectivity index (χ0v) is 12.1. The molecule has 1 saturated heterocycles. The Morgan fingerprint density at radius 2 is 2.19 bits per heavy atom. The molecule has 0 aliphatic carbocycles. The van der Waals surface area contributed by atoms with Crippen LogP contribution < -0.4 is 10.2 Å². The lowest BCUT2D eigenvalue weighted by Crippen LogP contribution is -2.45. The van der Waals surface area contributed by atoms with Crippen LogP contribution in [-0.4, -0.2) is 36.6 Å². The van der Waals surface area contributed by atoms with Gasteiger partial charge in [-0.1, -0.05) is 25.1 Å². The number of hydrogen-bond donors (Lipinski definition) is 2. The summed E-state index contributed by atoms with van der Waals surface area (Å²) in [7, 11) is 0. The van der Waals surface area contributed by atoms with Crippen LogP contribution in [0.4, 0.5) is 5.69 Å². The molecule has 5 heteroatoms. The monoisotopic (exact) mass is 288 g/mol. The smallest absolute Gasteiger partial charge is 0.312 e. The minimum absolute atomic E-state index is 0.0613. The molecule has 2 unspecified atom stereocenters. The number of aliphatic carboxylic acids is 1. The second-order valence-electron chi connectivity index (χ2n) is 5.93. The fraction of sp³-hybridized carbons (Fsp3) is 0.500. The van der Waals surface area contributed by atoms with E-state index in [4.69, 9.17) is 0 Å². The molecule has 2 aliphatic heterocycles. The maximum Gasteiger partial charge on any atom is 0.312 e. The molecule has 5 nitrogen and oxygen atoms in total. The van der Waals surface area contributed by atoms with Crippen molar-refractivity contribution in [3.8, 4) is 0 Å². The van der Waals surface area contributed by atoms with Gasteiger partial charge in [0.25, 0.3) is 0 Å². The normalized spacial score (nSPS) is 27.7. The summed E-state index contributed by atoms with van der Waals surface area (Å²) in [6.07, 6.45) is 1.59. The third kappa shape index (κ3) is 2.12. The molecular formula is C16H20N2O3. The molecule has 21 heavy (non-hydrogen) atoms. The van der Waals surface area contributed by atoms with E-state index in [-0.39, 0.29) is 17.9 Å². The van der Waals surface area contributed by atoms with Gasteiger partial charge in [0.05, 0.1) is 5.41 Å². The Balaban J connectivity index is 1.97. The number of amides is 1. The summed E-state index contributed by atoms with van der Waals surface area (Å²) < 4.78 is 0. The van der Waals surface area contributed by atoms with Gasteiger partial charge >= 0.3 is 5.97 Å². The van der Waals surface area contributed by atoms with Crippen LogP contribution >= 0.6 is 0 Å². The second kappa shape index (κ2) is 5.15. The first-order chi connectivity index (χ1) is 10.1. The Morgan fingerprint density at radius 3 is 2.81 bits per heavy atom. The van der Waals surface area contributed by atoms with E-state index in [1.807, 2.05) is 31.2 Å². The lowest BCUT2D eigenvalue weighted by atomic mass is 9.82. The van der Waals surface area contributed by atoms with E-state index in [9.17, 15) is 14.7 Å². The van der Waals surface area contributed by atoms with E-state index >= 15 is 0 Å². The number of rotatable bonds is 3. The summed E-state index contributed by atoms with van der Waals surface area (Å²) in [5.41, 5.74) is 1.12. The van der Waals surface area contributed by atoms with Crippen molar-refractivity contribution < 1.29 is 14.7 Å². The number of carboxylic acids is 1. The highest BCUT2D eigenvalue weighted by Crippen LogP contribution is 2.41. The van der Waals surface area contributed by atoms with Gasteiger partial charge in [0.2, 0.25) is 5.91 Å². The van der Waals surface area contributed by atoms with Gasteiger partial charge in [-0.2, -0.15) is 0 Å². The zero-order chi connectivity index (χ0) is 15.0. The van der Waals surface area contributed by atoms with Crippen molar-refractivity contribution >= 4 is 17.6 Å². The number of carboxylic acid groups (broad SMARTS) is 1. The molecule has 2 heterocycles. The van der Waals surface area contributed by atoms with Gasteiger partial charge < -0.3 is 15.3 Å². The molecule has 3 rings (SSSR count). The van der Waals surface area contributed by atoms with Gasteiger partial charge in [0, 0.05) is 18.8 Å². The van der Waals surface area contributed by atoms with Crippen LogP contribution in [0.3, 0.4) is 0 Å². The highest BCUT2D eigenvalue weighted by molar-refractivity contribution is 6.02. The maximum atomic E-state index is 13.0. The molecule has 0 saturated carbocycles. The second-order valence-corrected chi connectivity index (χ2v) is 5.93. The molecule has 1 aromatic carbocycles. The minimum atomic E-state index is -0.868. The number of hydrogen-bond acceptors (Lipinski definition) is 3. The first-order valence-corrected chi connectivity index (χ1v) is 7.43. The molecule has 2 aliphatic rings. The number of carbonyl (C=O) groups excluding carboxylic acids is 1. The SMILES string of the molecule is CCC1(C(=O)N2CC(C(=O)O)c3ccccc32)CCNC1. The number of fused-ring (bicyclic) bond motifs is 1. The van der Waals surface area contributed by atoms with Gasteiger partial charge in [0.15, 0.2) is 0 Å². The summed E-state index contributed by atoms with van der Waals surface area (Å²) in [6, 6.07) is 7.35. The average Bonchev–Trinajstić information content (AvgIpc) is 3.12. The summed E-state index contributed by atoms with van der Waals surface area (Å²) in [5.74, 6) is -1.42. The molecule has 1 fully saturated rings. The van der Waals surface area contributed by atoms with Gasteiger partial charge in [-0.25, -0.2) is 0 Å². The van der Waals surface area contributed by atoms with Crippen molar-refractivity contribution in [2.45, 2.75) is 25.7 Å². The third-order valence-electron chi connectivity index (χ3n) is 4.89. The topological polar surface area (TPSA) is 69.6 Å². The van der Waals surface area contributed by atoms with E-state index in [1.165, 1.54) is 0 Å². The van der Waals surface area contributed by atoms with E-state index < -0.39 is 11.9 Å². The van der Waals surface area contributed by atoms with Crippen LogP contribution in [0.15, 0.2) is 24.3 Å². The Morgan fingerprint density at radius 1 is 1.43 bits per heavy atom. The van der Waals surface area contributed by atoms with Crippen LogP contribution in [0.1, 0.15) is 31.2 Å². The number of anilines is 1. The van der Waals surface area contributed by atoms with Crippen LogP contribution in [0, 0.1) is 5.41 Å². The summed E-state index contributed by atoms with van der Waals surface area (Å²) >= 11 is 0. The average molecular weight is 288 g/mol. The van der Waals surface area contributed by atoms with Crippen LogP contribution in [0.2, 0.25) is 0 Å². The number of nitrogens with zero attached hydrogens (tertiary/aromatic N) is 1. The van der Waals surface area contributed by atoms with Crippen molar-refractivity contribution in [2.75, 3.05) is 24.5 Å². The molecule has 0 bridgehead atoms. The number of benzene rings is 1. The van der Waals surface area contributed by atoms with Crippen molar-refractivity contribution in [1.29, 1.82) is 0 Å². The fourth-order valence-corrected chi connectivity index (χ4v) is 3.48. The Bertz CT molecular complexity index is 579. The first kappa shape index (κ1) is 14.1. The predicted octanol–water partition coefficient (Wildman–Crippen LogP) is 1.59. The van der Waals surface area contributed by atoms with Gasteiger partial charge in [0.1, 0.15) is 5.92 Å².